The average Bonchev–Trinajstić information content (AvgIpc) is 3.64. The van der Waals surface area contributed by atoms with Gasteiger partial charge in [0.25, 0.3) is 10.0 Å². The fourth-order valence-electron chi connectivity index (χ4n) is 6.04. The molecule has 2 atom stereocenters. The molecule has 226 valence electrons. The smallest absolute Gasteiger partial charge is 0.317 e. The van der Waals surface area contributed by atoms with Gasteiger partial charge in [-0.25, -0.2) is 35.9 Å². The molecule has 1 aliphatic carbocycles. The zero-order valence-electron chi connectivity index (χ0n) is 24.1. The van der Waals surface area contributed by atoms with Crippen LogP contribution in [0.2, 0.25) is 0 Å². The summed E-state index contributed by atoms with van der Waals surface area (Å²) in [6.45, 7) is 5.08. The van der Waals surface area contributed by atoms with Gasteiger partial charge in [-0.3, -0.25) is 0 Å². The number of carbonyl (C=O) groups is 1. The third-order valence-corrected chi connectivity index (χ3v) is 9.94. The first kappa shape index (κ1) is 29.0. The number of urea groups is 1. The Bertz CT molecular complexity index is 1790. The fraction of sp³-hybridized carbons (Fsp3) is 0.387. The SMILES string of the molecule is Cc1ccc(S(=O)(=O)n2cc(-c3ncc(F)c(NC4CCCC(NC(=O)N5CCCC5)C4)n3)c3cc(C)cc(F)c32)cc1. The second-order valence-corrected chi connectivity index (χ2v) is 13.4. The van der Waals surface area contributed by atoms with E-state index in [1.165, 1.54) is 24.4 Å². The number of hydrogen-bond donors (Lipinski definition) is 2. The molecular formula is C31H34F2N6O3S. The van der Waals surface area contributed by atoms with E-state index in [0.29, 0.717) is 17.4 Å². The van der Waals surface area contributed by atoms with Crippen molar-refractivity contribution in [2.75, 3.05) is 18.4 Å². The molecule has 2 aliphatic rings. The Kier molecular flexibility index (Phi) is 7.80. The summed E-state index contributed by atoms with van der Waals surface area (Å²) >= 11 is 0. The summed E-state index contributed by atoms with van der Waals surface area (Å²) in [5.74, 6) is -1.34. The monoisotopic (exact) mass is 608 g/mol. The minimum absolute atomic E-state index is 0.00702. The highest BCUT2D eigenvalue weighted by Gasteiger charge is 2.28. The van der Waals surface area contributed by atoms with Gasteiger partial charge in [0, 0.05) is 42.3 Å². The Balaban J connectivity index is 1.32. The third kappa shape index (κ3) is 5.80. The molecule has 1 aliphatic heterocycles. The Labute approximate surface area is 249 Å². The fourth-order valence-corrected chi connectivity index (χ4v) is 7.41. The zero-order valence-corrected chi connectivity index (χ0v) is 24.9. The lowest BCUT2D eigenvalue weighted by atomic mass is 9.91. The molecule has 2 N–H and O–H groups in total. The van der Waals surface area contributed by atoms with Crippen LogP contribution < -0.4 is 10.6 Å². The van der Waals surface area contributed by atoms with Gasteiger partial charge in [-0.1, -0.05) is 17.7 Å². The van der Waals surface area contributed by atoms with Gasteiger partial charge in [0.15, 0.2) is 17.5 Å². The molecule has 12 heteroatoms. The topological polar surface area (TPSA) is 109 Å². The number of rotatable bonds is 6. The van der Waals surface area contributed by atoms with Crippen molar-refractivity contribution in [1.82, 2.24) is 24.2 Å². The van der Waals surface area contributed by atoms with Gasteiger partial charge >= 0.3 is 6.03 Å². The standard InChI is InChI=1S/C31H34F2N6O3S/c1-19-8-10-23(11-9-19)43(41,42)39-18-25(24-14-20(2)15-26(32)28(24)39)29-34-17-27(33)30(37-29)35-21-6-5-7-22(16-21)36-31(40)38-12-3-4-13-38/h8-11,14-15,17-18,21-22H,3-7,12-13,16H2,1-2H3,(H,36,40)(H,34,35,37). The maximum atomic E-state index is 15.4. The number of nitrogens with zero attached hydrogens (tertiary/aromatic N) is 4. The molecule has 2 amide bonds. The summed E-state index contributed by atoms with van der Waals surface area (Å²) in [5.41, 5.74) is 1.60. The summed E-state index contributed by atoms with van der Waals surface area (Å²) < 4.78 is 58.7. The summed E-state index contributed by atoms with van der Waals surface area (Å²) in [5, 5.41) is 6.60. The van der Waals surface area contributed by atoms with Crippen LogP contribution in [-0.4, -0.2) is 58.5 Å². The third-order valence-electron chi connectivity index (χ3n) is 8.26. The van der Waals surface area contributed by atoms with Crippen molar-refractivity contribution < 1.29 is 22.0 Å². The number of nitrogens with one attached hydrogen (secondary N) is 2. The number of amides is 2. The van der Waals surface area contributed by atoms with Crippen LogP contribution in [0.3, 0.4) is 0 Å². The first-order valence-corrected chi connectivity index (χ1v) is 16.0. The van der Waals surface area contributed by atoms with Gasteiger partial charge in [-0.05, 0) is 82.2 Å². The van der Waals surface area contributed by atoms with Crippen molar-refractivity contribution in [3.05, 3.63) is 71.6 Å². The molecule has 1 saturated carbocycles. The Morgan fingerprint density at radius 3 is 2.42 bits per heavy atom. The van der Waals surface area contributed by atoms with Crippen LogP contribution in [0.5, 0.6) is 0 Å². The molecule has 2 aromatic heterocycles. The number of carbonyl (C=O) groups excluding carboxylic acids is 1. The number of fused-ring (bicyclic) bond motifs is 1. The predicted molar refractivity (Wildman–Crippen MR) is 160 cm³/mol. The summed E-state index contributed by atoms with van der Waals surface area (Å²) in [6.07, 6.45) is 7.43. The molecule has 0 bridgehead atoms. The van der Waals surface area contributed by atoms with Crippen LogP contribution in [0.1, 0.15) is 49.7 Å². The number of aryl methyl sites for hydroxylation is 2. The van der Waals surface area contributed by atoms with Crippen LogP contribution in [0.15, 0.2) is 53.7 Å². The van der Waals surface area contributed by atoms with Gasteiger partial charge in [0.05, 0.1) is 11.1 Å². The zero-order chi connectivity index (χ0) is 30.3. The van der Waals surface area contributed by atoms with Crippen LogP contribution in [0.4, 0.5) is 19.4 Å². The number of likely N-dealkylation sites (tertiary alicyclic amines) is 1. The van der Waals surface area contributed by atoms with E-state index in [-0.39, 0.29) is 45.7 Å². The number of benzene rings is 2. The number of aromatic nitrogens is 3. The van der Waals surface area contributed by atoms with E-state index in [4.69, 9.17) is 0 Å². The van der Waals surface area contributed by atoms with Crippen molar-refractivity contribution in [3.63, 3.8) is 0 Å². The molecule has 9 nitrogen and oxygen atoms in total. The van der Waals surface area contributed by atoms with Crippen LogP contribution in [0, 0.1) is 25.5 Å². The van der Waals surface area contributed by atoms with Gasteiger partial charge in [-0.15, -0.1) is 0 Å². The van der Waals surface area contributed by atoms with E-state index < -0.39 is 21.7 Å². The molecule has 2 fully saturated rings. The molecule has 4 aromatic rings. The lowest BCUT2D eigenvalue weighted by Crippen LogP contribution is -2.47. The quantitative estimate of drug-likeness (QED) is 0.288. The van der Waals surface area contributed by atoms with Gasteiger partial charge in [-0.2, -0.15) is 0 Å². The van der Waals surface area contributed by atoms with E-state index in [1.54, 1.807) is 25.1 Å². The molecular weight excluding hydrogens is 574 g/mol. The largest absolute Gasteiger partial charge is 0.365 e. The van der Waals surface area contributed by atoms with Crippen LogP contribution in [-0.2, 0) is 10.0 Å². The van der Waals surface area contributed by atoms with E-state index >= 15 is 8.78 Å². The first-order valence-electron chi connectivity index (χ1n) is 14.6. The molecule has 43 heavy (non-hydrogen) atoms. The molecule has 0 spiro atoms. The maximum absolute atomic E-state index is 15.4. The van der Waals surface area contributed by atoms with E-state index in [9.17, 15) is 13.2 Å². The lowest BCUT2D eigenvalue weighted by molar-refractivity contribution is 0.199. The summed E-state index contributed by atoms with van der Waals surface area (Å²) in [6, 6.07) is 9.00. The Hall–Kier alpha value is -4.06. The summed E-state index contributed by atoms with van der Waals surface area (Å²) in [7, 11) is -4.17. The normalized spacial score (nSPS) is 19.1. The average molecular weight is 609 g/mol. The highest BCUT2D eigenvalue weighted by molar-refractivity contribution is 7.90. The molecule has 1 saturated heterocycles. The van der Waals surface area contributed by atoms with Crippen molar-refractivity contribution >= 4 is 32.8 Å². The number of halogens is 2. The van der Waals surface area contributed by atoms with Gasteiger partial charge in [0.1, 0.15) is 11.3 Å². The highest BCUT2D eigenvalue weighted by atomic mass is 32.2. The predicted octanol–water partition coefficient (Wildman–Crippen LogP) is 5.76. The number of anilines is 1. The second-order valence-electron chi connectivity index (χ2n) is 11.5. The van der Waals surface area contributed by atoms with Crippen LogP contribution in [0.25, 0.3) is 22.3 Å². The first-order chi connectivity index (χ1) is 20.6. The Morgan fingerprint density at radius 1 is 0.953 bits per heavy atom. The number of hydrogen-bond acceptors (Lipinski definition) is 6. The maximum Gasteiger partial charge on any atom is 0.317 e. The van der Waals surface area contributed by atoms with E-state index in [0.717, 1.165) is 60.9 Å². The Morgan fingerprint density at radius 2 is 1.67 bits per heavy atom. The lowest BCUT2D eigenvalue weighted by Gasteiger charge is -2.32. The van der Waals surface area contributed by atoms with Crippen molar-refractivity contribution in [2.24, 2.45) is 0 Å². The molecule has 2 aromatic carbocycles. The minimum atomic E-state index is -4.17. The van der Waals surface area contributed by atoms with Crippen LogP contribution >= 0.6 is 0 Å². The van der Waals surface area contributed by atoms with E-state index in [2.05, 4.69) is 20.6 Å². The summed E-state index contributed by atoms with van der Waals surface area (Å²) in [4.78, 5) is 23.1. The van der Waals surface area contributed by atoms with Gasteiger partial charge in [0.2, 0.25) is 0 Å². The molecule has 3 heterocycles. The molecule has 0 radical (unpaired) electrons. The second kappa shape index (κ2) is 11.6. The highest BCUT2D eigenvalue weighted by Crippen LogP contribution is 2.35. The van der Waals surface area contributed by atoms with Gasteiger partial charge < -0.3 is 15.5 Å². The molecule has 2 unspecified atom stereocenters. The van der Waals surface area contributed by atoms with E-state index in [1.807, 2.05) is 11.8 Å². The molecule has 6 rings (SSSR count). The van der Waals surface area contributed by atoms with Crippen molar-refractivity contribution in [2.45, 2.75) is 69.4 Å². The van der Waals surface area contributed by atoms with Crippen molar-refractivity contribution in [1.29, 1.82) is 0 Å². The van der Waals surface area contributed by atoms with Crippen molar-refractivity contribution in [3.8, 4) is 11.4 Å². The minimum Gasteiger partial charge on any atom is -0.365 e.